The van der Waals surface area contributed by atoms with Crippen LogP contribution >= 0.6 is 0 Å². The van der Waals surface area contributed by atoms with E-state index >= 15 is 0 Å². The SMILES string of the molecule is COc1ccc(CN(C)CC(=O)NN2C(=O)N[C@](C)(CCc3ccccc3)C2=O)cc1. The number of nitrogens with zero attached hydrogens (tertiary/aromatic N) is 2. The van der Waals surface area contributed by atoms with E-state index < -0.39 is 23.4 Å². The summed E-state index contributed by atoms with van der Waals surface area (Å²) in [6.07, 6.45) is 1.07. The Balaban J connectivity index is 1.52. The number of benzene rings is 2. The van der Waals surface area contributed by atoms with Gasteiger partial charge in [-0.3, -0.25) is 19.9 Å². The van der Waals surface area contributed by atoms with Crippen molar-refractivity contribution in [3.63, 3.8) is 0 Å². The first-order valence-corrected chi connectivity index (χ1v) is 10.1. The van der Waals surface area contributed by atoms with Crippen LogP contribution < -0.4 is 15.5 Å². The van der Waals surface area contributed by atoms with Gasteiger partial charge in [0.15, 0.2) is 0 Å². The van der Waals surface area contributed by atoms with Crippen molar-refractivity contribution in [3.8, 4) is 5.75 Å². The minimum Gasteiger partial charge on any atom is -0.497 e. The molecule has 0 aliphatic carbocycles. The zero-order chi connectivity index (χ0) is 22.4. The van der Waals surface area contributed by atoms with Crippen molar-refractivity contribution in [3.05, 3.63) is 65.7 Å². The molecule has 1 saturated heterocycles. The Bertz CT molecular complexity index is 932. The zero-order valence-electron chi connectivity index (χ0n) is 18.1. The average molecular weight is 425 g/mol. The zero-order valence-corrected chi connectivity index (χ0v) is 18.1. The second-order valence-corrected chi connectivity index (χ2v) is 7.94. The number of ether oxygens (including phenoxy) is 1. The smallest absolute Gasteiger partial charge is 0.344 e. The molecule has 8 heteroatoms. The molecule has 164 valence electrons. The summed E-state index contributed by atoms with van der Waals surface area (Å²) in [5, 5.41) is 3.49. The van der Waals surface area contributed by atoms with Crippen molar-refractivity contribution < 1.29 is 19.1 Å². The second-order valence-electron chi connectivity index (χ2n) is 7.94. The molecule has 0 spiro atoms. The standard InChI is InChI=1S/C23H28N4O4/c1-23(14-13-17-7-5-4-6-8-17)21(29)27(22(30)24-23)25-20(28)16-26(2)15-18-9-11-19(31-3)12-10-18/h4-12H,13-16H2,1-3H3,(H,24,30)(H,25,28)/t23-/m1/s1. The lowest BCUT2D eigenvalue weighted by atomic mass is 9.93. The Morgan fingerprint density at radius 1 is 1.10 bits per heavy atom. The number of nitrogens with one attached hydrogen (secondary N) is 2. The van der Waals surface area contributed by atoms with Crippen molar-refractivity contribution in [2.45, 2.75) is 31.8 Å². The van der Waals surface area contributed by atoms with Crippen LogP contribution in [0.2, 0.25) is 0 Å². The number of hydrogen-bond donors (Lipinski definition) is 2. The average Bonchev–Trinajstić information content (AvgIpc) is 2.97. The molecule has 1 aliphatic heterocycles. The fourth-order valence-corrected chi connectivity index (χ4v) is 3.50. The quantitative estimate of drug-likeness (QED) is 0.602. The summed E-state index contributed by atoms with van der Waals surface area (Å²) in [5.74, 6) is -0.135. The van der Waals surface area contributed by atoms with Crippen LogP contribution in [0.3, 0.4) is 0 Å². The largest absolute Gasteiger partial charge is 0.497 e. The van der Waals surface area contributed by atoms with Gasteiger partial charge in [0.25, 0.3) is 11.8 Å². The van der Waals surface area contributed by atoms with E-state index in [1.165, 1.54) is 0 Å². The lowest BCUT2D eigenvalue weighted by Crippen LogP contribution is -2.51. The number of aryl methyl sites for hydroxylation is 1. The van der Waals surface area contributed by atoms with Gasteiger partial charge in [0.2, 0.25) is 0 Å². The molecule has 0 radical (unpaired) electrons. The number of imide groups is 1. The van der Waals surface area contributed by atoms with E-state index in [2.05, 4.69) is 10.7 Å². The highest BCUT2D eigenvalue weighted by atomic mass is 16.5. The molecule has 0 aromatic heterocycles. The van der Waals surface area contributed by atoms with E-state index in [-0.39, 0.29) is 6.54 Å². The highest BCUT2D eigenvalue weighted by Gasteiger charge is 2.48. The fraction of sp³-hybridized carbons (Fsp3) is 0.348. The van der Waals surface area contributed by atoms with Gasteiger partial charge in [-0.05, 0) is 50.1 Å². The molecule has 2 aromatic carbocycles. The maximum Gasteiger partial charge on any atom is 0.344 e. The van der Waals surface area contributed by atoms with Gasteiger partial charge in [-0.15, -0.1) is 0 Å². The van der Waals surface area contributed by atoms with Crippen LogP contribution in [0.4, 0.5) is 4.79 Å². The number of hydrogen-bond acceptors (Lipinski definition) is 5. The summed E-state index contributed by atoms with van der Waals surface area (Å²) >= 11 is 0. The summed E-state index contributed by atoms with van der Waals surface area (Å²) in [6.45, 7) is 2.24. The Labute approximate surface area is 182 Å². The molecule has 1 atom stereocenters. The number of carbonyl (C=O) groups excluding carboxylic acids is 3. The number of carbonyl (C=O) groups is 3. The predicted molar refractivity (Wildman–Crippen MR) is 116 cm³/mol. The third kappa shape index (κ3) is 5.61. The first-order chi connectivity index (χ1) is 14.8. The summed E-state index contributed by atoms with van der Waals surface area (Å²) in [7, 11) is 3.40. The van der Waals surface area contributed by atoms with Crippen molar-refractivity contribution in [2.75, 3.05) is 20.7 Å². The van der Waals surface area contributed by atoms with Crippen LogP contribution in [0.25, 0.3) is 0 Å². The first-order valence-electron chi connectivity index (χ1n) is 10.1. The van der Waals surface area contributed by atoms with Gasteiger partial charge in [0, 0.05) is 6.54 Å². The minimum atomic E-state index is -1.06. The van der Waals surface area contributed by atoms with Crippen LogP contribution in [0, 0.1) is 0 Å². The Morgan fingerprint density at radius 2 is 1.77 bits per heavy atom. The topological polar surface area (TPSA) is 91.0 Å². The molecule has 2 N–H and O–H groups in total. The van der Waals surface area contributed by atoms with Gasteiger partial charge in [-0.2, -0.15) is 5.01 Å². The van der Waals surface area contributed by atoms with E-state index in [0.717, 1.165) is 21.9 Å². The molecule has 1 heterocycles. The first kappa shape index (κ1) is 22.3. The molecular formula is C23H28N4O4. The van der Waals surface area contributed by atoms with Crippen molar-refractivity contribution in [1.82, 2.24) is 20.7 Å². The summed E-state index contributed by atoms with van der Waals surface area (Å²) in [5.41, 5.74) is 3.47. The maximum atomic E-state index is 12.8. The highest BCUT2D eigenvalue weighted by Crippen LogP contribution is 2.22. The molecule has 31 heavy (non-hydrogen) atoms. The molecule has 3 rings (SSSR count). The van der Waals surface area contributed by atoms with Gasteiger partial charge >= 0.3 is 6.03 Å². The number of hydrazine groups is 1. The monoisotopic (exact) mass is 424 g/mol. The minimum absolute atomic E-state index is 0.0316. The van der Waals surface area contributed by atoms with E-state index in [1.807, 2.05) is 54.6 Å². The molecule has 1 fully saturated rings. The summed E-state index contributed by atoms with van der Waals surface area (Å²) in [6, 6.07) is 16.7. The molecule has 1 aliphatic rings. The Hall–Kier alpha value is -3.39. The summed E-state index contributed by atoms with van der Waals surface area (Å²) < 4.78 is 5.14. The third-order valence-corrected chi connectivity index (χ3v) is 5.28. The lowest BCUT2D eigenvalue weighted by Gasteiger charge is -2.22. The molecule has 0 saturated carbocycles. The number of methoxy groups -OCH3 is 1. The molecule has 2 aromatic rings. The second kappa shape index (κ2) is 9.61. The van der Waals surface area contributed by atoms with Crippen LogP contribution in [0.5, 0.6) is 5.75 Å². The van der Waals surface area contributed by atoms with Gasteiger partial charge in [-0.25, -0.2) is 4.79 Å². The molecule has 8 nitrogen and oxygen atoms in total. The number of urea groups is 1. The Kier molecular flexibility index (Phi) is 6.91. The van der Waals surface area contributed by atoms with E-state index in [0.29, 0.717) is 19.4 Å². The van der Waals surface area contributed by atoms with Gasteiger partial charge in [0.1, 0.15) is 11.3 Å². The van der Waals surface area contributed by atoms with Gasteiger partial charge in [-0.1, -0.05) is 42.5 Å². The van der Waals surface area contributed by atoms with E-state index in [4.69, 9.17) is 4.74 Å². The van der Waals surface area contributed by atoms with E-state index in [9.17, 15) is 14.4 Å². The van der Waals surface area contributed by atoms with Crippen LogP contribution in [0.15, 0.2) is 54.6 Å². The number of likely N-dealkylation sites (N-methyl/N-ethyl adjacent to an activating group) is 1. The van der Waals surface area contributed by atoms with Gasteiger partial charge in [0.05, 0.1) is 13.7 Å². The molecular weight excluding hydrogens is 396 g/mol. The van der Waals surface area contributed by atoms with Crippen LogP contribution in [-0.2, 0) is 22.6 Å². The number of rotatable bonds is 9. The van der Waals surface area contributed by atoms with E-state index in [1.54, 1.807) is 26.0 Å². The number of amides is 4. The van der Waals surface area contributed by atoms with Gasteiger partial charge < -0.3 is 10.1 Å². The fourth-order valence-electron chi connectivity index (χ4n) is 3.50. The normalized spacial score (nSPS) is 18.3. The molecule has 4 amide bonds. The predicted octanol–water partition coefficient (Wildman–Crippen LogP) is 2.10. The van der Waals surface area contributed by atoms with Crippen molar-refractivity contribution in [2.24, 2.45) is 0 Å². The summed E-state index contributed by atoms with van der Waals surface area (Å²) in [4.78, 5) is 39.4. The highest BCUT2D eigenvalue weighted by molar-refractivity contribution is 6.07. The third-order valence-electron chi connectivity index (χ3n) is 5.28. The Morgan fingerprint density at radius 3 is 2.42 bits per heavy atom. The maximum absolute atomic E-state index is 12.8. The van der Waals surface area contributed by atoms with Crippen LogP contribution in [0.1, 0.15) is 24.5 Å². The molecule has 0 unspecified atom stereocenters. The molecule has 0 bridgehead atoms. The lowest BCUT2D eigenvalue weighted by molar-refractivity contribution is -0.139. The van der Waals surface area contributed by atoms with Crippen molar-refractivity contribution >= 4 is 17.8 Å². The van der Waals surface area contributed by atoms with Crippen molar-refractivity contribution in [1.29, 1.82) is 0 Å². The van der Waals surface area contributed by atoms with Crippen LogP contribution in [-0.4, -0.2) is 54.0 Å².